The first kappa shape index (κ1) is 17.8. The van der Waals surface area contributed by atoms with Gasteiger partial charge < -0.3 is 14.5 Å². The highest BCUT2D eigenvalue weighted by Gasteiger charge is 2.24. The molecule has 138 valence electrons. The molecule has 2 aliphatic heterocycles. The third kappa shape index (κ3) is 3.90. The molecular formula is C19H22Cl2N4O. The zero-order valence-corrected chi connectivity index (χ0v) is 16.1. The van der Waals surface area contributed by atoms with Crippen LogP contribution in [-0.2, 0) is 4.74 Å². The lowest BCUT2D eigenvalue weighted by Crippen LogP contribution is -2.39. The molecule has 2 aromatic rings. The molecule has 1 atom stereocenters. The molecule has 3 heterocycles. The number of hydrogen-bond acceptors (Lipinski definition) is 5. The number of rotatable bonds is 3. The number of hydrogen-bond donors (Lipinski definition) is 0. The van der Waals surface area contributed by atoms with Gasteiger partial charge in [0, 0.05) is 32.2 Å². The second-order valence-electron chi connectivity index (χ2n) is 6.76. The minimum absolute atomic E-state index is 0.0491. The van der Waals surface area contributed by atoms with Gasteiger partial charge in [0.25, 0.3) is 0 Å². The molecule has 5 nitrogen and oxygen atoms in total. The molecule has 0 radical (unpaired) electrons. The molecule has 0 saturated carbocycles. The van der Waals surface area contributed by atoms with E-state index < -0.39 is 0 Å². The standard InChI is InChI=1S/C19H22Cl2N4O/c20-15-5-4-14(10-16(15)21)17-12-25(8-9-26-17)19-11-18(22-13-23-19)24-6-2-1-3-7-24/h4-5,10-11,13,17H,1-3,6-9,12H2. The van der Waals surface area contributed by atoms with Gasteiger partial charge in [-0.3, -0.25) is 0 Å². The minimum atomic E-state index is -0.0491. The fourth-order valence-electron chi connectivity index (χ4n) is 3.58. The topological polar surface area (TPSA) is 41.5 Å². The summed E-state index contributed by atoms with van der Waals surface area (Å²) >= 11 is 12.2. The van der Waals surface area contributed by atoms with Gasteiger partial charge in [0.1, 0.15) is 24.1 Å². The number of benzene rings is 1. The Morgan fingerprint density at radius 3 is 2.42 bits per heavy atom. The molecule has 1 unspecified atom stereocenters. The van der Waals surface area contributed by atoms with Gasteiger partial charge in [-0.05, 0) is 37.0 Å². The van der Waals surface area contributed by atoms with E-state index >= 15 is 0 Å². The Balaban J connectivity index is 1.51. The lowest BCUT2D eigenvalue weighted by molar-refractivity contribution is 0.0395. The van der Waals surface area contributed by atoms with Crippen LogP contribution in [-0.4, -0.2) is 42.8 Å². The minimum Gasteiger partial charge on any atom is -0.370 e. The number of morpholine rings is 1. The number of halogens is 2. The van der Waals surface area contributed by atoms with E-state index in [0.717, 1.165) is 43.4 Å². The maximum absolute atomic E-state index is 6.17. The second-order valence-corrected chi connectivity index (χ2v) is 7.58. The van der Waals surface area contributed by atoms with Crippen LogP contribution in [0.5, 0.6) is 0 Å². The smallest absolute Gasteiger partial charge is 0.134 e. The highest BCUT2D eigenvalue weighted by molar-refractivity contribution is 6.42. The number of aromatic nitrogens is 2. The summed E-state index contributed by atoms with van der Waals surface area (Å²) in [5.74, 6) is 1.97. The summed E-state index contributed by atoms with van der Waals surface area (Å²) in [5.41, 5.74) is 1.04. The van der Waals surface area contributed by atoms with Crippen LogP contribution in [0.2, 0.25) is 10.0 Å². The molecule has 0 spiro atoms. The summed E-state index contributed by atoms with van der Waals surface area (Å²) in [6, 6.07) is 7.78. The van der Waals surface area contributed by atoms with Crippen molar-refractivity contribution in [3.05, 3.63) is 46.2 Å². The Morgan fingerprint density at radius 1 is 0.885 bits per heavy atom. The van der Waals surface area contributed by atoms with Gasteiger partial charge in [-0.1, -0.05) is 29.3 Å². The van der Waals surface area contributed by atoms with E-state index in [9.17, 15) is 0 Å². The van der Waals surface area contributed by atoms with Gasteiger partial charge >= 0.3 is 0 Å². The first-order chi connectivity index (χ1) is 12.7. The largest absolute Gasteiger partial charge is 0.370 e. The van der Waals surface area contributed by atoms with Crippen LogP contribution in [0.4, 0.5) is 11.6 Å². The summed E-state index contributed by atoms with van der Waals surface area (Å²) in [7, 11) is 0. The Bertz CT molecular complexity index is 767. The van der Waals surface area contributed by atoms with Gasteiger partial charge in [0.15, 0.2) is 0 Å². The first-order valence-electron chi connectivity index (χ1n) is 9.09. The van der Waals surface area contributed by atoms with E-state index in [0.29, 0.717) is 16.7 Å². The highest BCUT2D eigenvalue weighted by Crippen LogP contribution is 2.31. The summed E-state index contributed by atoms with van der Waals surface area (Å²) in [5, 5.41) is 1.12. The number of piperidine rings is 1. The van der Waals surface area contributed by atoms with Crippen LogP contribution in [0.1, 0.15) is 30.9 Å². The Labute approximate surface area is 163 Å². The predicted molar refractivity (Wildman–Crippen MR) is 105 cm³/mol. The molecule has 2 fully saturated rings. The average molecular weight is 393 g/mol. The highest BCUT2D eigenvalue weighted by atomic mass is 35.5. The SMILES string of the molecule is Clc1ccc(C2CN(c3cc(N4CCCCC4)ncn3)CCO2)cc1Cl. The molecule has 0 amide bonds. The lowest BCUT2D eigenvalue weighted by Gasteiger charge is -2.35. The average Bonchev–Trinajstić information content (AvgIpc) is 2.71. The zero-order chi connectivity index (χ0) is 17.9. The number of ether oxygens (including phenoxy) is 1. The van der Waals surface area contributed by atoms with Gasteiger partial charge in [0.2, 0.25) is 0 Å². The molecule has 2 saturated heterocycles. The molecule has 4 rings (SSSR count). The second kappa shape index (κ2) is 7.99. The van der Waals surface area contributed by atoms with Crippen molar-refractivity contribution in [2.24, 2.45) is 0 Å². The van der Waals surface area contributed by atoms with Gasteiger partial charge in [0.05, 0.1) is 16.7 Å². The van der Waals surface area contributed by atoms with Crippen molar-refractivity contribution in [1.82, 2.24) is 9.97 Å². The zero-order valence-electron chi connectivity index (χ0n) is 14.6. The molecule has 0 bridgehead atoms. The summed E-state index contributed by atoms with van der Waals surface area (Å²) in [6.45, 7) is 4.34. The van der Waals surface area contributed by atoms with Crippen molar-refractivity contribution in [1.29, 1.82) is 0 Å². The van der Waals surface area contributed by atoms with Gasteiger partial charge in [-0.2, -0.15) is 0 Å². The van der Waals surface area contributed by atoms with Crippen LogP contribution in [0.25, 0.3) is 0 Å². The molecule has 26 heavy (non-hydrogen) atoms. The molecule has 0 N–H and O–H groups in total. The van der Waals surface area contributed by atoms with E-state index in [4.69, 9.17) is 27.9 Å². The van der Waals surface area contributed by atoms with E-state index in [1.807, 2.05) is 18.2 Å². The van der Waals surface area contributed by atoms with E-state index in [1.54, 1.807) is 6.33 Å². The quantitative estimate of drug-likeness (QED) is 0.776. The third-order valence-corrected chi connectivity index (χ3v) is 5.76. The summed E-state index contributed by atoms with van der Waals surface area (Å²) < 4.78 is 5.96. The summed E-state index contributed by atoms with van der Waals surface area (Å²) in [6.07, 6.45) is 5.39. The van der Waals surface area contributed by atoms with Crippen LogP contribution in [0.3, 0.4) is 0 Å². The third-order valence-electron chi connectivity index (χ3n) is 5.02. The maximum atomic E-state index is 6.17. The fraction of sp³-hybridized carbons (Fsp3) is 0.474. The first-order valence-corrected chi connectivity index (χ1v) is 9.85. The van der Waals surface area contributed by atoms with Crippen LogP contribution >= 0.6 is 23.2 Å². The van der Waals surface area contributed by atoms with E-state index in [1.165, 1.54) is 19.3 Å². The van der Waals surface area contributed by atoms with Crippen LogP contribution < -0.4 is 9.80 Å². The fourth-order valence-corrected chi connectivity index (χ4v) is 3.88. The monoisotopic (exact) mass is 392 g/mol. The van der Waals surface area contributed by atoms with E-state index in [-0.39, 0.29) is 6.10 Å². The Hall–Kier alpha value is -1.56. The van der Waals surface area contributed by atoms with E-state index in [2.05, 4.69) is 25.8 Å². The Kier molecular flexibility index (Phi) is 5.48. The van der Waals surface area contributed by atoms with Crippen LogP contribution in [0.15, 0.2) is 30.6 Å². The van der Waals surface area contributed by atoms with Crippen molar-refractivity contribution < 1.29 is 4.74 Å². The molecule has 7 heteroatoms. The van der Waals surface area contributed by atoms with Gasteiger partial charge in [-0.15, -0.1) is 0 Å². The molecule has 1 aromatic heterocycles. The molecular weight excluding hydrogens is 371 g/mol. The summed E-state index contributed by atoms with van der Waals surface area (Å²) in [4.78, 5) is 13.6. The van der Waals surface area contributed by atoms with Gasteiger partial charge in [-0.25, -0.2) is 9.97 Å². The maximum Gasteiger partial charge on any atom is 0.134 e. The molecule has 2 aliphatic rings. The van der Waals surface area contributed by atoms with Crippen molar-refractivity contribution >= 4 is 34.8 Å². The number of nitrogens with zero attached hydrogens (tertiary/aromatic N) is 4. The van der Waals surface area contributed by atoms with Crippen molar-refractivity contribution in [2.75, 3.05) is 42.6 Å². The van der Waals surface area contributed by atoms with Crippen molar-refractivity contribution in [3.8, 4) is 0 Å². The Morgan fingerprint density at radius 2 is 1.65 bits per heavy atom. The number of anilines is 2. The normalized spacial score (nSPS) is 21.1. The van der Waals surface area contributed by atoms with Crippen LogP contribution in [0, 0.1) is 0 Å². The van der Waals surface area contributed by atoms with Crippen molar-refractivity contribution in [3.63, 3.8) is 0 Å². The lowest BCUT2D eigenvalue weighted by atomic mass is 10.1. The molecule has 1 aromatic carbocycles. The predicted octanol–water partition coefficient (Wildman–Crippen LogP) is 4.35. The van der Waals surface area contributed by atoms with Crippen molar-refractivity contribution in [2.45, 2.75) is 25.4 Å². The molecule has 0 aliphatic carbocycles.